The van der Waals surface area contributed by atoms with Crippen LogP contribution in [0.4, 0.5) is 13.2 Å². The lowest BCUT2D eigenvalue weighted by molar-refractivity contribution is -0.137. The van der Waals surface area contributed by atoms with E-state index in [1.165, 1.54) is 12.1 Å². The fourth-order valence-corrected chi connectivity index (χ4v) is 1.54. The van der Waals surface area contributed by atoms with Crippen LogP contribution >= 0.6 is 12.6 Å². The normalized spacial score (nSPS) is 11.5. The van der Waals surface area contributed by atoms with Gasteiger partial charge in [0.25, 0.3) is 0 Å². The Hall–Kier alpha value is -0.840. The summed E-state index contributed by atoms with van der Waals surface area (Å²) in [7, 11) is 0. The zero-order valence-corrected chi connectivity index (χ0v) is 10.2. The maximum atomic E-state index is 12.3. The Bertz CT molecular complexity index is 322. The molecule has 0 aliphatic carbocycles. The van der Waals surface area contributed by atoms with Crippen LogP contribution in [-0.4, -0.2) is 12.4 Å². The minimum absolute atomic E-state index is 0.476. The van der Waals surface area contributed by atoms with Crippen molar-refractivity contribution in [3.8, 4) is 5.75 Å². The van der Waals surface area contributed by atoms with E-state index in [-0.39, 0.29) is 0 Å². The van der Waals surface area contributed by atoms with E-state index < -0.39 is 11.7 Å². The molecule has 1 nitrogen and oxygen atoms in total. The fourth-order valence-electron chi connectivity index (χ4n) is 1.32. The summed E-state index contributed by atoms with van der Waals surface area (Å²) < 4.78 is 42.1. The van der Waals surface area contributed by atoms with Gasteiger partial charge in [0.2, 0.25) is 0 Å². The number of thiol groups is 1. The summed E-state index contributed by atoms with van der Waals surface area (Å²) in [5.74, 6) is 1.32. The zero-order chi connectivity index (χ0) is 12.7. The van der Waals surface area contributed by atoms with E-state index in [0.717, 1.165) is 37.1 Å². The topological polar surface area (TPSA) is 9.23 Å². The van der Waals surface area contributed by atoms with E-state index in [1.54, 1.807) is 0 Å². The van der Waals surface area contributed by atoms with Crippen LogP contribution in [0.1, 0.15) is 24.8 Å². The van der Waals surface area contributed by atoms with Crippen LogP contribution in [-0.2, 0) is 6.18 Å². The molecule has 0 unspecified atom stereocenters. The van der Waals surface area contributed by atoms with E-state index in [1.807, 2.05) is 0 Å². The summed E-state index contributed by atoms with van der Waals surface area (Å²) in [4.78, 5) is 0. The summed E-state index contributed by atoms with van der Waals surface area (Å²) in [6, 6.07) is 4.76. The quantitative estimate of drug-likeness (QED) is 0.599. The average Bonchev–Trinajstić information content (AvgIpc) is 2.28. The Morgan fingerprint density at radius 1 is 1.00 bits per heavy atom. The molecule has 0 fully saturated rings. The number of rotatable bonds is 6. The molecule has 0 heterocycles. The molecule has 1 aromatic rings. The van der Waals surface area contributed by atoms with Gasteiger partial charge in [-0.2, -0.15) is 25.8 Å². The molecule has 5 heteroatoms. The van der Waals surface area contributed by atoms with E-state index in [0.29, 0.717) is 12.4 Å². The lowest BCUT2D eigenvalue weighted by Crippen LogP contribution is -2.04. The van der Waals surface area contributed by atoms with E-state index >= 15 is 0 Å². The molecule has 0 saturated carbocycles. The maximum Gasteiger partial charge on any atom is 0.416 e. The van der Waals surface area contributed by atoms with Gasteiger partial charge in [0.15, 0.2) is 0 Å². The highest BCUT2D eigenvalue weighted by molar-refractivity contribution is 7.80. The second kappa shape index (κ2) is 6.79. The molecule has 0 atom stereocenters. The number of hydrogen-bond acceptors (Lipinski definition) is 2. The Kier molecular flexibility index (Phi) is 5.68. The summed E-state index contributed by atoms with van der Waals surface area (Å²) >= 11 is 4.08. The van der Waals surface area contributed by atoms with Crippen molar-refractivity contribution < 1.29 is 17.9 Å². The molecule has 0 aliphatic heterocycles. The molecular weight excluding hydrogens is 249 g/mol. The smallest absolute Gasteiger partial charge is 0.416 e. The van der Waals surface area contributed by atoms with Crippen molar-refractivity contribution in [2.24, 2.45) is 0 Å². The van der Waals surface area contributed by atoms with Gasteiger partial charge in [-0.3, -0.25) is 0 Å². The van der Waals surface area contributed by atoms with Crippen molar-refractivity contribution in [1.29, 1.82) is 0 Å². The first-order valence-electron chi connectivity index (χ1n) is 5.45. The van der Waals surface area contributed by atoms with Gasteiger partial charge in [-0.1, -0.05) is 0 Å². The molecule has 17 heavy (non-hydrogen) atoms. The third-order valence-corrected chi connectivity index (χ3v) is 2.57. The average molecular weight is 264 g/mol. The summed E-state index contributed by atoms with van der Waals surface area (Å²) in [6.45, 7) is 0.527. The molecule has 1 aromatic carbocycles. The zero-order valence-electron chi connectivity index (χ0n) is 9.33. The van der Waals surface area contributed by atoms with Crippen LogP contribution < -0.4 is 4.74 Å². The molecule has 1 rings (SSSR count). The first kappa shape index (κ1) is 14.2. The second-order valence-electron chi connectivity index (χ2n) is 3.65. The standard InChI is InChI=1S/C12H15F3OS/c13-12(14,15)10-4-6-11(7-5-10)16-8-2-1-3-9-17/h4-7,17H,1-3,8-9H2. The van der Waals surface area contributed by atoms with Gasteiger partial charge in [-0.15, -0.1) is 0 Å². The second-order valence-corrected chi connectivity index (χ2v) is 4.10. The van der Waals surface area contributed by atoms with Gasteiger partial charge >= 0.3 is 6.18 Å². The lowest BCUT2D eigenvalue weighted by atomic mass is 10.2. The largest absolute Gasteiger partial charge is 0.494 e. The number of ether oxygens (including phenoxy) is 1. The summed E-state index contributed by atoms with van der Waals surface area (Å²) in [6.07, 6.45) is -1.35. The van der Waals surface area contributed by atoms with Crippen molar-refractivity contribution >= 4 is 12.6 Å². The summed E-state index contributed by atoms with van der Waals surface area (Å²) in [5.41, 5.74) is -0.653. The molecule has 96 valence electrons. The van der Waals surface area contributed by atoms with Crippen molar-refractivity contribution in [3.05, 3.63) is 29.8 Å². The van der Waals surface area contributed by atoms with Crippen LogP contribution in [0.5, 0.6) is 5.75 Å². The van der Waals surface area contributed by atoms with Gasteiger partial charge in [0.1, 0.15) is 5.75 Å². The van der Waals surface area contributed by atoms with Crippen LogP contribution in [0.2, 0.25) is 0 Å². The molecule has 0 aromatic heterocycles. The van der Waals surface area contributed by atoms with Crippen molar-refractivity contribution in [1.82, 2.24) is 0 Å². The molecule has 0 spiro atoms. The van der Waals surface area contributed by atoms with Crippen molar-refractivity contribution in [3.63, 3.8) is 0 Å². The Morgan fingerprint density at radius 2 is 1.65 bits per heavy atom. The first-order chi connectivity index (χ1) is 8.04. The van der Waals surface area contributed by atoms with Crippen LogP contribution in [0.3, 0.4) is 0 Å². The third kappa shape index (κ3) is 5.35. The third-order valence-electron chi connectivity index (χ3n) is 2.25. The van der Waals surface area contributed by atoms with E-state index in [4.69, 9.17) is 4.74 Å². The Morgan fingerprint density at radius 3 is 2.18 bits per heavy atom. The highest BCUT2D eigenvalue weighted by Crippen LogP contribution is 2.30. The maximum absolute atomic E-state index is 12.3. The van der Waals surface area contributed by atoms with Crippen molar-refractivity contribution in [2.75, 3.05) is 12.4 Å². The summed E-state index contributed by atoms with van der Waals surface area (Å²) in [5, 5.41) is 0. The minimum Gasteiger partial charge on any atom is -0.494 e. The van der Waals surface area contributed by atoms with Crippen LogP contribution in [0, 0.1) is 0 Å². The van der Waals surface area contributed by atoms with Gasteiger partial charge < -0.3 is 4.74 Å². The fraction of sp³-hybridized carbons (Fsp3) is 0.500. The predicted octanol–water partition coefficient (Wildman–Crippen LogP) is 4.18. The first-order valence-corrected chi connectivity index (χ1v) is 6.08. The molecule has 0 N–H and O–H groups in total. The highest BCUT2D eigenvalue weighted by Gasteiger charge is 2.29. The highest BCUT2D eigenvalue weighted by atomic mass is 32.1. The van der Waals surface area contributed by atoms with Crippen LogP contribution in [0.15, 0.2) is 24.3 Å². The minimum atomic E-state index is -4.29. The predicted molar refractivity (Wildman–Crippen MR) is 64.6 cm³/mol. The van der Waals surface area contributed by atoms with Gasteiger partial charge in [-0.25, -0.2) is 0 Å². The van der Waals surface area contributed by atoms with Crippen molar-refractivity contribution in [2.45, 2.75) is 25.4 Å². The Labute approximate surface area is 104 Å². The van der Waals surface area contributed by atoms with Gasteiger partial charge in [0, 0.05) is 0 Å². The lowest BCUT2D eigenvalue weighted by Gasteiger charge is -2.09. The molecule has 0 bridgehead atoms. The van der Waals surface area contributed by atoms with Gasteiger partial charge in [-0.05, 0) is 49.3 Å². The number of hydrogen-bond donors (Lipinski definition) is 1. The number of alkyl halides is 3. The molecule has 0 aliphatic rings. The molecular formula is C12H15F3OS. The number of unbranched alkanes of at least 4 members (excludes halogenated alkanes) is 2. The molecule has 0 saturated heterocycles. The number of halogens is 3. The monoisotopic (exact) mass is 264 g/mol. The van der Waals surface area contributed by atoms with Crippen LogP contribution in [0.25, 0.3) is 0 Å². The molecule has 0 radical (unpaired) electrons. The number of benzene rings is 1. The molecule has 0 amide bonds. The van der Waals surface area contributed by atoms with E-state index in [9.17, 15) is 13.2 Å². The SMILES string of the molecule is FC(F)(F)c1ccc(OCCCCCS)cc1. The van der Waals surface area contributed by atoms with E-state index in [2.05, 4.69) is 12.6 Å². The Balaban J connectivity index is 2.36. The van der Waals surface area contributed by atoms with Gasteiger partial charge in [0.05, 0.1) is 12.2 Å².